The quantitative estimate of drug-likeness (QED) is 0.828. The van der Waals surface area contributed by atoms with Crippen molar-refractivity contribution in [2.45, 2.75) is 38.9 Å². The summed E-state index contributed by atoms with van der Waals surface area (Å²) in [7, 11) is 0. The van der Waals surface area contributed by atoms with Crippen LogP contribution in [0.5, 0.6) is 0 Å². The second-order valence-electron chi connectivity index (χ2n) is 4.74. The lowest BCUT2D eigenvalue weighted by molar-refractivity contribution is 0.514. The van der Waals surface area contributed by atoms with Gasteiger partial charge in [0.25, 0.3) is 0 Å². The fourth-order valence-electron chi connectivity index (χ4n) is 1.54. The van der Waals surface area contributed by atoms with Crippen LogP contribution < -0.4 is 5.73 Å². The third-order valence-corrected chi connectivity index (χ3v) is 2.56. The van der Waals surface area contributed by atoms with E-state index in [0.29, 0.717) is 0 Å². The van der Waals surface area contributed by atoms with Crippen molar-refractivity contribution in [1.82, 2.24) is 24.5 Å². The van der Waals surface area contributed by atoms with Gasteiger partial charge in [0.05, 0.1) is 18.1 Å². The van der Waals surface area contributed by atoms with E-state index in [1.807, 2.05) is 41.8 Å². The van der Waals surface area contributed by atoms with Gasteiger partial charge in [0.2, 0.25) is 0 Å². The van der Waals surface area contributed by atoms with Crippen LogP contribution in [0.25, 0.3) is 0 Å². The predicted octanol–water partition coefficient (Wildman–Crippen LogP) is 0.759. The van der Waals surface area contributed by atoms with Crippen LogP contribution in [0.2, 0.25) is 0 Å². The highest BCUT2D eigenvalue weighted by Crippen LogP contribution is 2.12. The van der Waals surface area contributed by atoms with Crippen LogP contribution in [0.15, 0.2) is 24.9 Å². The smallest absolute Gasteiger partial charge is 0.102 e. The van der Waals surface area contributed by atoms with Crippen LogP contribution in [0.1, 0.15) is 26.0 Å². The van der Waals surface area contributed by atoms with Gasteiger partial charge in [-0.05, 0) is 20.3 Å². The van der Waals surface area contributed by atoms with Crippen molar-refractivity contribution in [3.05, 3.63) is 30.6 Å². The Morgan fingerprint density at radius 1 is 1.35 bits per heavy atom. The molecule has 92 valence electrons. The number of nitrogens with two attached hydrogens (primary N) is 1. The first kappa shape index (κ1) is 11.8. The van der Waals surface area contributed by atoms with Crippen molar-refractivity contribution in [2.75, 3.05) is 0 Å². The fraction of sp³-hybridized carbons (Fsp3) is 0.545. The molecule has 0 fully saturated rings. The van der Waals surface area contributed by atoms with E-state index in [-0.39, 0.29) is 0 Å². The van der Waals surface area contributed by atoms with Gasteiger partial charge in [-0.25, -0.2) is 4.98 Å². The lowest BCUT2D eigenvalue weighted by atomic mass is 10.0. The molecule has 0 aliphatic rings. The average molecular weight is 234 g/mol. The van der Waals surface area contributed by atoms with E-state index >= 15 is 0 Å². The maximum Gasteiger partial charge on any atom is 0.102 e. The van der Waals surface area contributed by atoms with E-state index in [9.17, 15) is 0 Å². The minimum atomic E-state index is -0.428. The average Bonchev–Trinajstić information content (AvgIpc) is 2.86. The fourth-order valence-corrected chi connectivity index (χ4v) is 1.54. The molecule has 2 heterocycles. The SMILES string of the molecule is CC(C)(N)c1cn(CCCn2ccnc2)nn1. The van der Waals surface area contributed by atoms with Gasteiger partial charge in [-0.1, -0.05) is 5.21 Å². The zero-order chi connectivity index (χ0) is 12.3. The number of imidazole rings is 1. The number of rotatable bonds is 5. The van der Waals surface area contributed by atoms with Gasteiger partial charge >= 0.3 is 0 Å². The second-order valence-corrected chi connectivity index (χ2v) is 4.74. The molecule has 0 radical (unpaired) electrons. The van der Waals surface area contributed by atoms with Gasteiger partial charge < -0.3 is 10.3 Å². The molecule has 17 heavy (non-hydrogen) atoms. The van der Waals surface area contributed by atoms with Crippen LogP contribution in [0.3, 0.4) is 0 Å². The number of hydrogen-bond donors (Lipinski definition) is 1. The van der Waals surface area contributed by atoms with Gasteiger partial charge in [-0.15, -0.1) is 5.10 Å². The molecule has 6 heteroatoms. The Balaban J connectivity index is 1.85. The van der Waals surface area contributed by atoms with Gasteiger partial charge in [-0.2, -0.15) is 0 Å². The number of hydrogen-bond acceptors (Lipinski definition) is 4. The van der Waals surface area contributed by atoms with Crippen molar-refractivity contribution in [1.29, 1.82) is 0 Å². The molecule has 0 aromatic carbocycles. The summed E-state index contributed by atoms with van der Waals surface area (Å²) in [5.74, 6) is 0. The van der Waals surface area contributed by atoms with Crippen LogP contribution in [0, 0.1) is 0 Å². The third kappa shape index (κ3) is 3.13. The van der Waals surface area contributed by atoms with E-state index < -0.39 is 5.54 Å². The topological polar surface area (TPSA) is 74.5 Å². The maximum absolute atomic E-state index is 5.95. The van der Waals surface area contributed by atoms with Gasteiger partial charge in [0.1, 0.15) is 5.69 Å². The van der Waals surface area contributed by atoms with E-state index in [2.05, 4.69) is 15.3 Å². The standard InChI is InChI=1S/C11H18N6/c1-11(2,12)10-8-17(15-14-10)6-3-5-16-7-4-13-9-16/h4,7-9H,3,5-6,12H2,1-2H3. The summed E-state index contributed by atoms with van der Waals surface area (Å²) < 4.78 is 3.88. The number of nitrogens with zero attached hydrogens (tertiary/aromatic N) is 5. The molecule has 0 unspecified atom stereocenters. The first-order valence-electron chi connectivity index (χ1n) is 5.71. The molecule has 2 aromatic heterocycles. The van der Waals surface area contributed by atoms with E-state index in [0.717, 1.165) is 25.2 Å². The minimum absolute atomic E-state index is 0.428. The third-order valence-electron chi connectivity index (χ3n) is 2.56. The molecular weight excluding hydrogens is 216 g/mol. The molecule has 0 spiro atoms. The molecule has 0 bridgehead atoms. The van der Waals surface area contributed by atoms with Gasteiger partial charge in [0, 0.05) is 25.5 Å². The highest BCUT2D eigenvalue weighted by atomic mass is 15.4. The van der Waals surface area contributed by atoms with Crippen molar-refractivity contribution >= 4 is 0 Å². The highest BCUT2D eigenvalue weighted by molar-refractivity contribution is 5.05. The normalized spacial score (nSPS) is 11.9. The van der Waals surface area contributed by atoms with Crippen LogP contribution >= 0.6 is 0 Å². The molecule has 0 saturated carbocycles. The molecule has 2 aromatic rings. The Hall–Kier alpha value is -1.69. The van der Waals surface area contributed by atoms with Crippen LogP contribution in [-0.2, 0) is 18.6 Å². The van der Waals surface area contributed by atoms with Crippen molar-refractivity contribution in [2.24, 2.45) is 5.73 Å². The summed E-state index contributed by atoms with van der Waals surface area (Å²) in [6.45, 7) is 5.61. The molecule has 0 amide bonds. The zero-order valence-corrected chi connectivity index (χ0v) is 10.2. The minimum Gasteiger partial charge on any atom is -0.337 e. The Bertz CT molecular complexity index is 451. The summed E-state index contributed by atoms with van der Waals surface area (Å²) in [6.07, 6.45) is 8.45. The predicted molar refractivity (Wildman–Crippen MR) is 64.1 cm³/mol. The van der Waals surface area contributed by atoms with Gasteiger partial charge in [-0.3, -0.25) is 4.68 Å². The molecule has 2 N–H and O–H groups in total. The maximum atomic E-state index is 5.95. The molecular formula is C11H18N6. The van der Waals surface area contributed by atoms with Crippen molar-refractivity contribution in [3.8, 4) is 0 Å². The largest absolute Gasteiger partial charge is 0.337 e. The molecule has 0 aliphatic heterocycles. The molecule has 6 nitrogen and oxygen atoms in total. The van der Waals surface area contributed by atoms with Crippen molar-refractivity contribution < 1.29 is 0 Å². The summed E-state index contributed by atoms with van der Waals surface area (Å²) in [6, 6.07) is 0. The summed E-state index contributed by atoms with van der Waals surface area (Å²) >= 11 is 0. The number of aryl methyl sites for hydroxylation is 2. The second kappa shape index (κ2) is 4.67. The first-order chi connectivity index (χ1) is 8.05. The lowest BCUT2D eigenvalue weighted by Crippen LogP contribution is -2.29. The van der Waals surface area contributed by atoms with Gasteiger partial charge in [0.15, 0.2) is 0 Å². The number of aromatic nitrogens is 5. The molecule has 0 saturated heterocycles. The monoisotopic (exact) mass is 234 g/mol. The Kier molecular flexibility index (Phi) is 3.23. The summed E-state index contributed by atoms with van der Waals surface area (Å²) in [5.41, 5.74) is 6.34. The highest BCUT2D eigenvalue weighted by Gasteiger charge is 2.17. The lowest BCUT2D eigenvalue weighted by Gasteiger charge is -2.13. The molecule has 0 atom stereocenters. The van der Waals surface area contributed by atoms with Crippen molar-refractivity contribution in [3.63, 3.8) is 0 Å². The molecule has 0 aliphatic carbocycles. The van der Waals surface area contributed by atoms with E-state index in [4.69, 9.17) is 5.73 Å². The van der Waals surface area contributed by atoms with E-state index in [1.54, 1.807) is 6.20 Å². The van der Waals surface area contributed by atoms with Crippen LogP contribution in [-0.4, -0.2) is 24.5 Å². The van der Waals surface area contributed by atoms with E-state index in [1.165, 1.54) is 0 Å². The Morgan fingerprint density at radius 2 is 2.18 bits per heavy atom. The first-order valence-corrected chi connectivity index (χ1v) is 5.71. The van der Waals surface area contributed by atoms with Crippen LogP contribution in [0.4, 0.5) is 0 Å². The Morgan fingerprint density at radius 3 is 2.76 bits per heavy atom. The molecule has 2 rings (SSSR count). The summed E-state index contributed by atoms with van der Waals surface area (Å²) in [5, 5.41) is 8.14. The Labute approximate surface area is 100 Å². The zero-order valence-electron chi connectivity index (χ0n) is 10.2. The summed E-state index contributed by atoms with van der Waals surface area (Å²) in [4.78, 5) is 4.00.